The normalized spacial score (nSPS) is 11.5. The molecule has 26 heavy (non-hydrogen) atoms. The van der Waals surface area contributed by atoms with Gasteiger partial charge in [0, 0.05) is 17.3 Å². The molecule has 0 unspecified atom stereocenters. The van der Waals surface area contributed by atoms with Gasteiger partial charge in [0.2, 0.25) is 0 Å². The lowest BCUT2D eigenvalue weighted by molar-refractivity contribution is 0.436. The fourth-order valence-corrected chi connectivity index (χ4v) is 3.73. The van der Waals surface area contributed by atoms with Gasteiger partial charge in [0.15, 0.2) is 17.5 Å². The summed E-state index contributed by atoms with van der Waals surface area (Å²) >= 11 is 5.73. The number of nitrogens with one attached hydrogen (secondary N) is 1. The topological polar surface area (TPSA) is 46.2 Å². The molecule has 0 amide bonds. The second-order valence-electron chi connectivity index (χ2n) is 5.17. The van der Waals surface area contributed by atoms with E-state index in [4.69, 9.17) is 11.6 Å². The van der Waals surface area contributed by atoms with Gasteiger partial charge in [0.1, 0.15) is 16.5 Å². The van der Waals surface area contributed by atoms with E-state index in [2.05, 4.69) is 11.3 Å². The Labute approximate surface area is 151 Å². The van der Waals surface area contributed by atoms with Crippen molar-refractivity contribution in [2.75, 3.05) is 0 Å². The summed E-state index contributed by atoms with van der Waals surface area (Å²) in [6, 6.07) is 1.05. The highest BCUT2D eigenvalue weighted by molar-refractivity contribution is 7.89. The Morgan fingerprint density at radius 3 is 2.23 bits per heavy atom. The Hall–Kier alpha value is -2.13. The SMILES string of the molecule is C=C(CC)NS(=O)(=O)c1cc(-c2c(F)cc(F)c(F)c2F)c(F)cc1Cl. The van der Waals surface area contributed by atoms with Gasteiger partial charge in [0.25, 0.3) is 10.0 Å². The molecule has 2 rings (SSSR count). The van der Waals surface area contributed by atoms with Crippen LogP contribution in [0.4, 0.5) is 22.0 Å². The third kappa shape index (κ3) is 3.68. The monoisotopic (exact) mass is 411 g/mol. The largest absolute Gasteiger partial charge is 0.284 e. The quantitative estimate of drug-likeness (QED) is 0.432. The summed E-state index contributed by atoms with van der Waals surface area (Å²) in [5, 5.41) is -0.578. The summed E-state index contributed by atoms with van der Waals surface area (Å²) in [5.74, 6) is -8.79. The molecule has 3 nitrogen and oxygen atoms in total. The first-order chi connectivity index (χ1) is 12.0. The Bertz CT molecular complexity index is 1010. The van der Waals surface area contributed by atoms with Crippen LogP contribution in [-0.2, 0) is 10.0 Å². The van der Waals surface area contributed by atoms with Crippen LogP contribution in [0.15, 0.2) is 35.4 Å². The van der Waals surface area contributed by atoms with Crippen molar-refractivity contribution in [3.63, 3.8) is 0 Å². The van der Waals surface area contributed by atoms with Gasteiger partial charge in [-0.15, -0.1) is 0 Å². The molecule has 0 bridgehead atoms. The van der Waals surface area contributed by atoms with Crippen molar-refractivity contribution in [2.45, 2.75) is 18.2 Å². The third-order valence-electron chi connectivity index (χ3n) is 3.40. The maximum absolute atomic E-state index is 14.2. The van der Waals surface area contributed by atoms with E-state index in [-0.39, 0.29) is 18.2 Å². The molecule has 0 heterocycles. The van der Waals surface area contributed by atoms with E-state index in [1.54, 1.807) is 6.92 Å². The predicted molar refractivity (Wildman–Crippen MR) is 86.4 cm³/mol. The molecule has 140 valence electrons. The van der Waals surface area contributed by atoms with Crippen LogP contribution in [0, 0.1) is 29.1 Å². The zero-order valence-electron chi connectivity index (χ0n) is 13.1. The third-order valence-corrected chi connectivity index (χ3v) is 5.30. The molecule has 0 radical (unpaired) electrons. The van der Waals surface area contributed by atoms with Gasteiger partial charge in [-0.2, -0.15) is 0 Å². The number of halogens is 6. The van der Waals surface area contributed by atoms with Crippen molar-refractivity contribution in [2.24, 2.45) is 0 Å². The molecule has 1 N–H and O–H groups in total. The van der Waals surface area contributed by atoms with E-state index in [1.807, 2.05) is 0 Å². The Morgan fingerprint density at radius 2 is 1.65 bits per heavy atom. The van der Waals surface area contributed by atoms with Gasteiger partial charge in [0.05, 0.1) is 10.6 Å². The highest BCUT2D eigenvalue weighted by atomic mass is 35.5. The minimum atomic E-state index is -4.35. The Morgan fingerprint density at radius 1 is 1.04 bits per heavy atom. The zero-order chi connectivity index (χ0) is 19.8. The molecule has 2 aromatic rings. The highest BCUT2D eigenvalue weighted by Crippen LogP contribution is 2.35. The molecule has 0 aliphatic carbocycles. The van der Waals surface area contributed by atoms with E-state index < -0.39 is 60.2 Å². The van der Waals surface area contributed by atoms with Crippen molar-refractivity contribution in [1.29, 1.82) is 0 Å². The minimum absolute atomic E-state index is 0.0210. The number of allylic oxidation sites excluding steroid dienone is 1. The molecule has 2 aromatic carbocycles. The number of benzene rings is 2. The van der Waals surface area contributed by atoms with Crippen LogP contribution in [-0.4, -0.2) is 8.42 Å². The molecule has 0 atom stereocenters. The second kappa shape index (κ2) is 7.24. The van der Waals surface area contributed by atoms with E-state index in [9.17, 15) is 30.4 Å². The molecule has 0 aliphatic heterocycles. The first-order valence-electron chi connectivity index (χ1n) is 7.02. The molecule has 0 aliphatic rings. The molecule has 0 saturated carbocycles. The maximum atomic E-state index is 14.2. The van der Waals surface area contributed by atoms with Crippen LogP contribution in [0.2, 0.25) is 5.02 Å². The molecule has 0 fully saturated rings. The summed E-state index contributed by atoms with van der Waals surface area (Å²) < 4.78 is 95.2. The molecular weight excluding hydrogens is 401 g/mol. The van der Waals surface area contributed by atoms with Gasteiger partial charge in [-0.1, -0.05) is 25.1 Å². The standard InChI is InChI=1S/C16H11ClF5NO2S/c1-3-7(2)23-26(24,25)13-4-8(10(18)5-9(13)17)14-11(19)6-12(20)15(21)16(14)22/h4-6,23H,2-3H2,1H3. The Balaban J connectivity index is 2.75. The molecule has 10 heteroatoms. The molecule has 0 saturated heterocycles. The second-order valence-corrected chi connectivity index (χ2v) is 7.23. The lowest BCUT2D eigenvalue weighted by Gasteiger charge is -2.14. The van der Waals surface area contributed by atoms with Crippen molar-refractivity contribution in [1.82, 2.24) is 4.72 Å². The lowest BCUT2D eigenvalue weighted by atomic mass is 10.0. The van der Waals surface area contributed by atoms with Crippen molar-refractivity contribution in [3.05, 3.63) is 64.6 Å². The van der Waals surface area contributed by atoms with Gasteiger partial charge < -0.3 is 0 Å². The van der Waals surface area contributed by atoms with Crippen molar-refractivity contribution >= 4 is 21.6 Å². The summed E-state index contributed by atoms with van der Waals surface area (Å²) in [7, 11) is -4.35. The first-order valence-corrected chi connectivity index (χ1v) is 8.88. The van der Waals surface area contributed by atoms with Crippen molar-refractivity contribution in [3.8, 4) is 11.1 Å². The summed E-state index contributed by atoms with van der Waals surface area (Å²) in [4.78, 5) is -0.714. The fraction of sp³-hybridized carbons (Fsp3) is 0.125. The highest BCUT2D eigenvalue weighted by Gasteiger charge is 2.26. The van der Waals surface area contributed by atoms with Gasteiger partial charge in [-0.05, 0) is 18.6 Å². The average molecular weight is 412 g/mol. The Kier molecular flexibility index (Phi) is 5.62. The summed E-state index contributed by atoms with van der Waals surface area (Å²) in [5.41, 5.74) is -2.12. The fourth-order valence-electron chi connectivity index (χ4n) is 2.06. The summed E-state index contributed by atoms with van der Waals surface area (Å²) in [6.07, 6.45) is 0.233. The number of hydrogen-bond donors (Lipinski definition) is 1. The lowest BCUT2D eigenvalue weighted by Crippen LogP contribution is -2.23. The van der Waals surface area contributed by atoms with Crippen LogP contribution in [0.1, 0.15) is 13.3 Å². The number of hydrogen-bond acceptors (Lipinski definition) is 2. The van der Waals surface area contributed by atoms with Crippen LogP contribution in [0.3, 0.4) is 0 Å². The molecule has 0 spiro atoms. The van der Waals surface area contributed by atoms with Gasteiger partial charge in [-0.3, -0.25) is 4.72 Å². The van der Waals surface area contributed by atoms with Crippen LogP contribution in [0.25, 0.3) is 11.1 Å². The summed E-state index contributed by atoms with van der Waals surface area (Å²) in [6.45, 7) is 5.05. The minimum Gasteiger partial charge on any atom is -0.284 e. The molecular formula is C16H11ClF5NO2S. The predicted octanol–water partition coefficient (Wildman–Crippen LogP) is 4.90. The molecule has 0 aromatic heterocycles. The van der Waals surface area contributed by atoms with Crippen molar-refractivity contribution < 1.29 is 30.4 Å². The zero-order valence-corrected chi connectivity index (χ0v) is 14.7. The van der Waals surface area contributed by atoms with Gasteiger partial charge >= 0.3 is 0 Å². The maximum Gasteiger partial charge on any atom is 0.263 e. The van der Waals surface area contributed by atoms with Crippen LogP contribution >= 0.6 is 11.6 Å². The smallest absolute Gasteiger partial charge is 0.263 e. The van der Waals surface area contributed by atoms with E-state index in [0.717, 1.165) is 0 Å². The number of sulfonamides is 1. The average Bonchev–Trinajstić information content (AvgIpc) is 2.53. The first kappa shape index (κ1) is 20.2. The number of rotatable bonds is 5. The van der Waals surface area contributed by atoms with E-state index in [0.29, 0.717) is 12.1 Å². The van der Waals surface area contributed by atoms with E-state index >= 15 is 0 Å². The van der Waals surface area contributed by atoms with Crippen LogP contribution < -0.4 is 4.72 Å². The van der Waals surface area contributed by atoms with Gasteiger partial charge in [-0.25, -0.2) is 30.4 Å². The van der Waals surface area contributed by atoms with Crippen LogP contribution in [0.5, 0.6) is 0 Å². The van der Waals surface area contributed by atoms with E-state index in [1.165, 1.54) is 0 Å².